The van der Waals surface area contributed by atoms with Crippen molar-refractivity contribution in [1.82, 2.24) is 0 Å². The number of hydrogen-bond acceptors (Lipinski definition) is 2. The standard InChI is InChI=1S/C24H26N2/c1-4-5-6-9-14-19(2)23-20(3)24(21-15-10-7-11-16-21)26(25-23)22-17-12-8-13-18-22/h4-18,20,24H,1-3H3/b5-4-,9-6-,19-14+. The van der Waals surface area contributed by atoms with Crippen LogP contribution >= 0.6 is 0 Å². The molecule has 2 aromatic rings. The van der Waals surface area contributed by atoms with Crippen LogP contribution in [0.5, 0.6) is 0 Å². The lowest BCUT2D eigenvalue weighted by Gasteiger charge is -2.27. The zero-order chi connectivity index (χ0) is 18.4. The van der Waals surface area contributed by atoms with Crippen molar-refractivity contribution < 1.29 is 0 Å². The molecule has 2 heteroatoms. The minimum absolute atomic E-state index is 0.205. The molecular weight excluding hydrogens is 316 g/mol. The highest BCUT2D eigenvalue weighted by atomic mass is 15.5. The van der Waals surface area contributed by atoms with E-state index in [1.54, 1.807) is 0 Å². The van der Waals surface area contributed by atoms with Gasteiger partial charge in [0.05, 0.1) is 17.4 Å². The van der Waals surface area contributed by atoms with E-state index in [0.29, 0.717) is 5.92 Å². The minimum atomic E-state index is 0.205. The van der Waals surface area contributed by atoms with Crippen molar-refractivity contribution in [1.29, 1.82) is 0 Å². The van der Waals surface area contributed by atoms with Crippen molar-refractivity contribution in [2.24, 2.45) is 11.0 Å². The predicted molar refractivity (Wildman–Crippen MR) is 112 cm³/mol. The van der Waals surface area contributed by atoms with Gasteiger partial charge in [0, 0.05) is 5.92 Å². The van der Waals surface area contributed by atoms with E-state index >= 15 is 0 Å². The van der Waals surface area contributed by atoms with Gasteiger partial charge in [-0.2, -0.15) is 5.10 Å². The second-order valence-electron chi connectivity index (χ2n) is 6.57. The van der Waals surface area contributed by atoms with Crippen LogP contribution in [0, 0.1) is 5.92 Å². The van der Waals surface area contributed by atoms with Crippen molar-refractivity contribution in [3.63, 3.8) is 0 Å². The highest BCUT2D eigenvalue weighted by Gasteiger charge is 2.36. The number of para-hydroxylation sites is 1. The number of hydrogen-bond donors (Lipinski definition) is 0. The van der Waals surface area contributed by atoms with E-state index in [-0.39, 0.29) is 6.04 Å². The first-order valence-electron chi connectivity index (χ1n) is 9.16. The van der Waals surface area contributed by atoms with Gasteiger partial charge in [0.1, 0.15) is 0 Å². The van der Waals surface area contributed by atoms with E-state index in [1.165, 1.54) is 11.1 Å². The first kappa shape index (κ1) is 17.9. The molecule has 1 aliphatic rings. The molecule has 2 atom stereocenters. The van der Waals surface area contributed by atoms with Crippen LogP contribution in [0.3, 0.4) is 0 Å². The molecular formula is C24H26N2. The van der Waals surface area contributed by atoms with Gasteiger partial charge in [-0.15, -0.1) is 0 Å². The lowest BCUT2D eigenvalue weighted by atomic mass is 9.88. The van der Waals surface area contributed by atoms with Crippen LogP contribution in [0.1, 0.15) is 32.4 Å². The summed E-state index contributed by atoms with van der Waals surface area (Å²) in [5, 5.41) is 7.19. The molecule has 2 nitrogen and oxygen atoms in total. The van der Waals surface area contributed by atoms with E-state index < -0.39 is 0 Å². The third kappa shape index (κ3) is 3.85. The first-order chi connectivity index (χ1) is 12.7. The van der Waals surface area contributed by atoms with Crippen LogP contribution in [0.2, 0.25) is 0 Å². The van der Waals surface area contributed by atoms with Gasteiger partial charge in [0.25, 0.3) is 0 Å². The Balaban J connectivity index is 1.98. The predicted octanol–water partition coefficient (Wildman–Crippen LogP) is 6.32. The third-order valence-corrected chi connectivity index (χ3v) is 4.71. The highest BCUT2D eigenvalue weighted by Crippen LogP contribution is 2.40. The number of hydrazone groups is 1. The van der Waals surface area contributed by atoms with Gasteiger partial charge >= 0.3 is 0 Å². The molecule has 0 bridgehead atoms. The fourth-order valence-electron chi connectivity index (χ4n) is 3.41. The van der Waals surface area contributed by atoms with Gasteiger partial charge < -0.3 is 0 Å². The fraction of sp³-hybridized carbons (Fsp3) is 0.208. The van der Waals surface area contributed by atoms with Gasteiger partial charge in [-0.25, -0.2) is 0 Å². The van der Waals surface area contributed by atoms with E-state index in [9.17, 15) is 0 Å². The Morgan fingerprint density at radius 1 is 0.923 bits per heavy atom. The zero-order valence-corrected chi connectivity index (χ0v) is 15.7. The number of nitrogens with zero attached hydrogens (tertiary/aromatic N) is 2. The molecule has 1 heterocycles. The van der Waals surface area contributed by atoms with Crippen molar-refractivity contribution in [2.45, 2.75) is 26.8 Å². The smallest absolute Gasteiger partial charge is 0.0857 e. The molecule has 0 N–H and O–H groups in total. The monoisotopic (exact) mass is 342 g/mol. The van der Waals surface area contributed by atoms with Crippen LogP contribution in [-0.4, -0.2) is 5.71 Å². The first-order valence-corrected chi connectivity index (χ1v) is 9.16. The van der Waals surface area contributed by atoms with Crippen LogP contribution in [0.25, 0.3) is 0 Å². The molecule has 0 saturated carbocycles. The Bertz CT molecular complexity index is 829. The fourth-order valence-corrected chi connectivity index (χ4v) is 3.41. The summed E-state index contributed by atoms with van der Waals surface area (Å²) in [6.07, 6.45) is 10.3. The minimum Gasteiger partial charge on any atom is -0.257 e. The molecule has 0 radical (unpaired) electrons. The summed E-state index contributed by atoms with van der Waals surface area (Å²) in [5.41, 5.74) is 4.77. The third-order valence-electron chi connectivity index (χ3n) is 4.71. The van der Waals surface area contributed by atoms with Crippen molar-refractivity contribution in [2.75, 3.05) is 5.01 Å². The Labute approximate surface area is 156 Å². The largest absolute Gasteiger partial charge is 0.257 e. The van der Waals surface area contributed by atoms with E-state index in [2.05, 4.69) is 85.6 Å². The van der Waals surface area contributed by atoms with E-state index in [1.807, 2.05) is 31.2 Å². The SMILES string of the molecule is C\C=C/C=C\C=C(/C)C1=NN(c2ccccc2)C(c2ccccc2)C1C. The maximum Gasteiger partial charge on any atom is 0.0857 e. The second-order valence-corrected chi connectivity index (χ2v) is 6.57. The highest BCUT2D eigenvalue weighted by molar-refractivity contribution is 6.04. The molecule has 0 amide bonds. The van der Waals surface area contributed by atoms with Gasteiger partial charge in [-0.05, 0) is 37.1 Å². The summed E-state index contributed by atoms with van der Waals surface area (Å²) in [6.45, 7) is 6.44. The summed E-state index contributed by atoms with van der Waals surface area (Å²) in [4.78, 5) is 0. The van der Waals surface area contributed by atoms with Crippen LogP contribution in [-0.2, 0) is 0 Å². The number of allylic oxidation sites excluding steroid dienone is 6. The van der Waals surface area contributed by atoms with Gasteiger partial charge in [0.2, 0.25) is 0 Å². The normalized spacial score (nSPS) is 21.0. The van der Waals surface area contributed by atoms with Crippen LogP contribution < -0.4 is 5.01 Å². The number of benzene rings is 2. The Morgan fingerprint density at radius 3 is 2.23 bits per heavy atom. The quantitative estimate of drug-likeness (QED) is 0.581. The molecule has 2 unspecified atom stereocenters. The molecule has 0 aromatic heterocycles. The van der Waals surface area contributed by atoms with Crippen LogP contribution in [0.4, 0.5) is 5.69 Å². The van der Waals surface area contributed by atoms with Crippen LogP contribution in [0.15, 0.2) is 102 Å². The summed E-state index contributed by atoms with van der Waals surface area (Å²) in [7, 11) is 0. The lowest BCUT2D eigenvalue weighted by Crippen LogP contribution is -2.23. The van der Waals surface area contributed by atoms with Crippen molar-refractivity contribution >= 4 is 11.4 Å². The molecule has 0 fully saturated rings. The Hall–Kier alpha value is -2.87. The molecule has 0 spiro atoms. The van der Waals surface area contributed by atoms with E-state index in [0.717, 1.165) is 11.4 Å². The maximum atomic E-state index is 5.03. The molecule has 0 aliphatic carbocycles. The Morgan fingerprint density at radius 2 is 1.58 bits per heavy atom. The van der Waals surface area contributed by atoms with E-state index in [4.69, 9.17) is 5.10 Å². The molecule has 1 aliphatic heterocycles. The number of anilines is 1. The van der Waals surface area contributed by atoms with Crippen molar-refractivity contribution in [3.05, 3.63) is 102 Å². The molecule has 132 valence electrons. The number of rotatable bonds is 5. The lowest BCUT2D eigenvalue weighted by molar-refractivity contribution is 0.588. The van der Waals surface area contributed by atoms with Gasteiger partial charge in [0.15, 0.2) is 0 Å². The summed E-state index contributed by atoms with van der Waals surface area (Å²) < 4.78 is 0. The maximum absolute atomic E-state index is 5.03. The van der Waals surface area contributed by atoms with Gasteiger partial charge in [-0.1, -0.05) is 85.8 Å². The van der Waals surface area contributed by atoms with Gasteiger partial charge in [-0.3, -0.25) is 5.01 Å². The van der Waals surface area contributed by atoms with Crippen molar-refractivity contribution in [3.8, 4) is 0 Å². The molecule has 0 saturated heterocycles. The molecule has 26 heavy (non-hydrogen) atoms. The Kier molecular flexibility index (Phi) is 5.85. The zero-order valence-electron chi connectivity index (χ0n) is 15.7. The second kappa shape index (κ2) is 8.48. The average Bonchev–Trinajstić information content (AvgIpc) is 3.04. The average molecular weight is 342 g/mol. The topological polar surface area (TPSA) is 15.6 Å². The summed E-state index contributed by atoms with van der Waals surface area (Å²) >= 11 is 0. The summed E-state index contributed by atoms with van der Waals surface area (Å²) in [6, 6.07) is 21.3. The molecule has 2 aromatic carbocycles. The molecule has 3 rings (SSSR count). The summed E-state index contributed by atoms with van der Waals surface area (Å²) in [5.74, 6) is 0.309.